The second-order valence-electron chi connectivity index (χ2n) is 7.21. The highest BCUT2D eigenvalue weighted by molar-refractivity contribution is 4.90. The lowest BCUT2D eigenvalue weighted by Crippen LogP contribution is -2.46. The first-order valence-corrected chi connectivity index (χ1v) is 7.63. The molecule has 1 aliphatic heterocycles. The third-order valence-corrected chi connectivity index (χ3v) is 4.88. The average Bonchev–Trinajstić information content (AvgIpc) is 2.35. The Bertz CT molecular complexity index is 249. The van der Waals surface area contributed by atoms with E-state index in [0.717, 1.165) is 57.8 Å². The molecule has 0 amide bonds. The molecule has 0 aromatic carbocycles. The van der Waals surface area contributed by atoms with E-state index < -0.39 is 5.60 Å². The van der Waals surface area contributed by atoms with Gasteiger partial charge in [0, 0.05) is 6.54 Å². The minimum atomic E-state index is -0.442. The molecule has 3 heteroatoms. The fourth-order valence-corrected chi connectivity index (χ4v) is 3.16. The van der Waals surface area contributed by atoms with Crippen molar-refractivity contribution in [1.82, 2.24) is 10.6 Å². The maximum absolute atomic E-state index is 10.6. The van der Waals surface area contributed by atoms with Crippen molar-refractivity contribution in [2.24, 2.45) is 11.3 Å². The molecule has 106 valence electrons. The molecule has 3 N–H and O–H groups in total. The summed E-state index contributed by atoms with van der Waals surface area (Å²) in [6.07, 6.45) is 6.77. The molecule has 2 fully saturated rings. The Balaban J connectivity index is 1.66. The Morgan fingerprint density at radius 1 is 1.11 bits per heavy atom. The van der Waals surface area contributed by atoms with Gasteiger partial charge in [0.25, 0.3) is 0 Å². The van der Waals surface area contributed by atoms with Gasteiger partial charge in [0.05, 0.1) is 5.60 Å². The first-order valence-electron chi connectivity index (χ1n) is 7.63. The van der Waals surface area contributed by atoms with Crippen LogP contribution in [-0.4, -0.2) is 36.9 Å². The molecule has 3 nitrogen and oxygen atoms in total. The molecule has 2 aliphatic rings. The lowest BCUT2D eigenvalue weighted by Gasteiger charge is -2.40. The normalized spacial score (nSPS) is 28.2. The molecule has 2 rings (SSSR count). The van der Waals surface area contributed by atoms with E-state index in [1.54, 1.807) is 0 Å². The molecule has 0 bridgehead atoms. The van der Waals surface area contributed by atoms with E-state index in [0.29, 0.717) is 5.41 Å². The van der Waals surface area contributed by atoms with Crippen molar-refractivity contribution < 1.29 is 5.11 Å². The summed E-state index contributed by atoms with van der Waals surface area (Å²) in [6.45, 7) is 8.81. The van der Waals surface area contributed by atoms with Crippen LogP contribution in [-0.2, 0) is 0 Å². The molecule has 0 atom stereocenters. The van der Waals surface area contributed by atoms with Crippen LogP contribution >= 0.6 is 0 Å². The maximum Gasteiger partial charge on any atom is 0.0772 e. The van der Waals surface area contributed by atoms with Crippen LogP contribution in [0, 0.1) is 11.3 Å². The molecule has 1 aliphatic carbocycles. The van der Waals surface area contributed by atoms with Crippen LogP contribution in [0.25, 0.3) is 0 Å². The SMILES string of the molecule is CC1(C)CCC(O)(CNCC2CCNCC2)CC1. The van der Waals surface area contributed by atoms with Crippen LogP contribution < -0.4 is 10.6 Å². The van der Waals surface area contributed by atoms with Crippen LogP contribution in [0.2, 0.25) is 0 Å². The topological polar surface area (TPSA) is 44.3 Å². The first-order chi connectivity index (χ1) is 8.49. The van der Waals surface area contributed by atoms with Gasteiger partial charge in [-0.1, -0.05) is 13.8 Å². The van der Waals surface area contributed by atoms with Crippen LogP contribution in [0.3, 0.4) is 0 Å². The van der Waals surface area contributed by atoms with Crippen molar-refractivity contribution in [3.05, 3.63) is 0 Å². The Labute approximate surface area is 112 Å². The zero-order chi connectivity index (χ0) is 13.1. The quantitative estimate of drug-likeness (QED) is 0.718. The largest absolute Gasteiger partial charge is 0.389 e. The number of aliphatic hydroxyl groups is 1. The van der Waals surface area contributed by atoms with Crippen molar-refractivity contribution in [3.63, 3.8) is 0 Å². The fraction of sp³-hybridized carbons (Fsp3) is 1.00. The molecular weight excluding hydrogens is 224 g/mol. The van der Waals surface area contributed by atoms with E-state index in [1.807, 2.05) is 0 Å². The monoisotopic (exact) mass is 254 g/mol. The molecule has 1 heterocycles. The van der Waals surface area contributed by atoms with E-state index in [2.05, 4.69) is 24.5 Å². The molecule has 18 heavy (non-hydrogen) atoms. The predicted octanol–water partition coefficient (Wildman–Crippen LogP) is 1.91. The van der Waals surface area contributed by atoms with Crippen LogP contribution in [0.1, 0.15) is 52.4 Å². The summed E-state index contributed by atoms with van der Waals surface area (Å²) in [7, 11) is 0. The Morgan fingerprint density at radius 2 is 1.72 bits per heavy atom. The van der Waals surface area contributed by atoms with Gasteiger partial charge in [-0.2, -0.15) is 0 Å². The van der Waals surface area contributed by atoms with Crippen LogP contribution in [0.5, 0.6) is 0 Å². The van der Waals surface area contributed by atoms with Gasteiger partial charge >= 0.3 is 0 Å². The van der Waals surface area contributed by atoms with Gasteiger partial charge in [-0.15, -0.1) is 0 Å². The molecule has 0 radical (unpaired) electrons. The second kappa shape index (κ2) is 5.89. The van der Waals surface area contributed by atoms with E-state index in [1.165, 1.54) is 12.8 Å². The zero-order valence-electron chi connectivity index (χ0n) is 12.1. The molecule has 0 spiro atoms. The summed E-state index contributed by atoms with van der Waals surface area (Å²) in [5.74, 6) is 0.801. The van der Waals surface area contributed by atoms with Crippen LogP contribution in [0.4, 0.5) is 0 Å². The first kappa shape index (κ1) is 14.3. The zero-order valence-corrected chi connectivity index (χ0v) is 12.1. The van der Waals surface area contributed by atoms with Crippen molar-refractivity contribution in [1.29, 1.82) is 0 Å². The summed E-state index contributed by atoms with van der Waals surface area (Å²) >= 11 is 0. The van der Waals surface area contributed by atoms with E-state index in [-0.39, 0.29) is 0 Å². The van der Waals surface area contributed by atoms with E-state index in [9.17, 15) is 5.11 Å². The minimum absolute atomic E-state index is 0.432. The Kier molecular flexibility index (Phi) is 4.68. The van der Waals surface area contributed by atoms with E-state index >= 15 is 0 Å². The fourth-order valence-electron chi connectivity index (χ4n) is 3.16. The summed E-state index contributed by atoms with van der Waals surface area (Å²) in [4.78, 5) is 0. The molecular formula is C15H30N2O. The van der Waals surface area contributed by atoms with Crippen LogP contribution in [0.15, 0.2) is 0 Å². The van der Waals surface area contributed by atoms with Crippen molar-refractivity contribution in [2.75, 3.05) is 26.2 Å². The lowest BCUT2D eigenvalue weighted by molar-refractivity contribution is -0.0248. The number of piperidine rings is 1. The molecule has 1 saturated carbocycles. The molecule has 1 saturated heterocycles. The Morgan fingerprint density at radius 3 is 2.33 bits per heavy atom. The second-order valence-corrected chi connectivity index (χ2v) is 7.21. The van der Waals surface area contributed by atoms with Gasteiger partial charge in [0.15, 0.2) is 0 Å². The van der Waals surface area contributed by atoms with Gasteiger partial charge in [0.2, 0.25) is 0 Å². The molecule has 0 aromatic rings. The van der Waals surface area contributed by atoms with Crippen molar-refractivity contribution >= 4 is 0 Å². The number of hydrogen-bond donors (Lipinski definition) is 3. The summed E-state index contributed by atoms with van der Waals surface area (Å²) in [5.41, 5.74) is -0.0102. The highest BCUT2D eigenvalue weighted by Gasteiger charge is 2.36. The molecule has 0 unspecified atom stereocenters. The lowest BCUT2D eigenvalue weighted by atomic mass is 9.71. The number of nitrogens with one attached hydrogen (secondary N) is 2. The smallest absolute Gasteiger partial charge is 0.0772 e. The average molecular weight is 254 g/mol. The summed E-state index contributed by atoms with van der Waals surface area (Å²) in [5, 5.41) is 17.5. The van der Waals surface area contributed by atoms with Crippen molar-refractivity contribution in [3.8, 4) is 0 Å². The summed E-state index contributed by atoms with van der Waals surface area (Å²) < 4.78 is 0. The highest BCUT2D eigenvalue weighted by atomic mass is 16.3. The highest BCUT2D eigenvalue weighted by Crippen LogP contribution is 2.39. The van der Waals surface area contributed by atoms with Gasteiger partial charge < -0.3 is 15.7 Å². The van der Waals surface area contributed by atoms with Gasteiger partial charge in [-0.05, 0) is 69.5 Å². The number of hydrogen-bond acceptors (Lipinski definition) is 3. The third-order valence-electron chi connectivity index (χ3n) is 4.88. The Hall–Kier alpha value is -0.120. The predicted molar refractivity (Wildman–Crippen MR) is 75.7 cm³/mol. The van der Waals surface area contributed by atoms with Crippen molar-refractivity contribution in [2.45, 2.75) is 58.0 Å². The van der Waals surface area contributed by atoms with Gasteiger partial charge in [-0.25, -0.2) is 0 Å². The number of rotatable bonds is 4. The van der Waals surface area contributed by atoms with Gasteiger partial charge in [0.1, 0.15) is 0 Å². The minimum Gasteiger partial charge on any atom is -0.389 e. The van der Waals surface area contributed by atoms with E-state index in [4.69, 9.17) is 0 Å². The maximum atomic E-state index is 10.6. The standard InChI is InChI=1S/C15H30N2O/c1-14(2)5-7-15(18,8-6-14)12-17-11-13-3-9-16-10-4-13/h13,16-18H,3-12H2,1-2H3. The summed E-state index contributed by atoms with van der Waals surface area (Å²) in [6, 6.07) is 0. The van der Waals surface area contributed by atoms with Gasteiger partial charge in [-0.3, -0.25) is 0 Å². The molecule has 0 aromatic heterocycles. The third kappa shape index (κ3) is 4.22.